The first-order chi connectivity index (χ1) is 11.0. The van der Waals surface area contributed by atoms with Crippen LogP contribution in [0.25, 0.3) is 5.69 Å². The third-order valence-corrected chi connectivity index (χ3v) is 3.91. The van der Waals surface area contributed by atoms with Gasteiger partial charge in [0.2, 0.25) is 0 Å². The van der Waals surface area contributed by atoms with E-state index in [1.807, 2.05) is 0 Å². The molecule has 0 aliphatic carbocycles. The van der Waals surface area contributed by atoms with E-state index in [1.165, 1.54) is 23.0 Å². The molecule has 1 aromatic carbocycles. The summed E-state index contributed by atoms with van der Waals surface area (Å²) in [6.07, 6.45) is 3.93. The molecule has 1 fully saturated rings. The molecule has 120 valence electrons. The number of hydrogen-bond acceptors (Lipinski definition) is 5. The van der Waals surface area contributed by atoms with Crippen molar-refractivity contribution in [3.8, 4) is 5.69 Å². The fourth-order valence-electron chi connectivity index (χ4n) is 2.55. The van der Waals surface area contributed by atoms with E-state index < -0.39 is 4.92 Å². The van der Waals surface area contributed by atoms with Gasteiger partial charge in [0.1, 0.15) is 0 Å². The Bertz CT molecular complexity index is 717. The number of likely N-dealkylation sites (tertiary alicyclic amines) is 1. The van der Waals surface area contributed by atoms with Gasteiger partial charge in [-0.25, -0.2) is 4.68 Å². The molecular weight excluding hydrogens is 300 g/mol. The van der Waals surface area contributed by atoms with E-state index in [2.05, 4.69) is 5.10 Å². The van der Waals surface area contributed by atoms with E-state index in [4.69, 9.17) is 0 Å². The number of nitro benzene ring substituents is 1. The first kappa shape index (κ1) is 15.2. The minimum Gasteiger partial charge on any atom is -0.393 e. The van der Waals surface area contributed by atoms with Crippen molar-refractivity contribution < 1.29 is 14.8 Å². The van der Waals surface area contributed by atoms with Crippen LogP contribution in [0, 0.1) is 10.1 Å². The van der Waals surface area contributed by atoms with Crippen LogP contribution in [0.2, 0.25) is 0 Å². The number of benzene rings is 1. The number of non-ortho nitro benzene ring substituents is 1. The van der Waals surface area contributed by atoms with Gasteiger partial charge < -0.3 is 10.0 Å². The summed E-state index contributed by atoms with van der Waals surface area (Å²) in [5, 5.41) is 24.3. The van der Waals surface area contributed by atoms with Crippen molar-refractivity contribution in [2.75, 3.05) is 13.1 Å². The lowest BCUT2D eigenvalue weighted by atomic mass is 10.1. The van der Waals surface area contributed by atoms with Gasteiger partial charge in [-0.3, -0.25) is 14.9 Å². The van der Waals surface area contributed by atoms with Gasteiger partial charge >= 0.3 is 0 Å². The lowest BCUT2D eigenvalue weighted by Crippen LogP contribution is -2.39. The van der Waals surface area contributed by atoms with E-state index in [1.54, 1.807) is 23.2 Å². The summed E-state index contributed by atoms with van der Waals surface area (Å²) in [5.41, 5.74) is 1.10. The Morgan fingerprint density at radius 1 is 1.26 bits per heavy atom. The molecule has 1 aliphatic rings. The van der Waals surface area contributed by atoms with Gasteiger partial charge in [0.05, 0.1) is 28.5 Å². The minimum atomic E-state index is -0.466. The van der Waals surface area contributed by atoms with Crippen LogP contribution >= 0.6 is 0 Å². The number of aliphatic hydroxyl groups excluding tert-OH is 1. The molecule has 0 bridgehead atoms. The van der Waals surface area contributed by atoms with Gasteiger partial charge in [-0.2, -0.15) is 5.10 Å². The number of nitrogens with zero attached hydrogens (tertiary/aromatic N) is 4. The van der Waals surface area contributed by atoms with Crippen molar-refractivity contribution in [2.45, 2.75) is 18.9 Å². The molecule has 1 aromatic heterocycles. The second-order valence-corrected chi connectivity index (χ2v) is 5.47. The molecule has 1 saturated heterocycles. The maximum absolute atomic E-state index is 12.4. The lowest BCUT2D eigenvalue weighted by molar-refractivity contribution is -0.384. The Morgan fingerprint density at radius 3 is 2.52 bits per heavy atom. The summed E-state index contributed by atoms with van der Waals surface area (Å²) in [5.74, 6) is -0.120. The van der Waals surface area contributed by atoms with Gasteiger partial charge in [-0.15, -0.1) is 0 Å². The maximum Gasteiger partial charge on any atom is 0.269 e. The zero-order chi connectivity index (χ0) is 16.4. The van der Waals surface area contributed by atoms with Crippen molar-refractivity contribution in [1.29, 1.82) is 0 Å². The molecule has 0 atom stereocenters. The Morgan fingerprint density at radius 2 is 1.91 bits per heavy atom. The summed E-state index contributed by atoms with van der Waals surface area (Å²) in [6, 6.07) is 5.95. The summed E-state index contributed by atoms with van der Waals surface area (Å²) in [4.78, 5) is 24.3. The van der Waals surface area contributed by atoms with E-state index in [0.29, 0.717) is 37.2 Å². The van der Waals surface area contributed by atoms with Crippen LogP contribution < -0.4 is 0 Å². The molecular formula is C15H16N4O4. The molecule has 0 unspecified atom stereocenters. The molecule has 23 heavy (non-hydrogen) atoms. The van der Waals surface area contributed by atoms with Crippen molar-refractivity contribution in [3.05, 3.63) is 52.3 Å². The number of aromatic nitrogens is 2. The van der Waals surface area contributed by atoms with Crippen molar-refractivity contribution in [3.63, 3.8) is 0 Å². The first-order valence-electron chi connectivity index (χ1n) is 7.31. The van der Waals surface area contributed by atoms with Crippen LogP contribution in [0.3, 0.4) is 0 Å². The number of aliphatic hydroxyl groups is 1. The van der Waals surface area contributed by atoms with Crippen LogP contribution in [-0.4, -0.2) is 49.8 Å². The highest BCUT2D eigenvalue weighted by molar-refractivity contribution is 5.93. The van der Waals surface area contributed by atoms with E-state index >= 15 is 0 Å². The van der Waals surface area contributed by atoms with Gasteiger partial charge in [0, 0.05) is 31.4 Å². The molecule has 0 radical (unpaired) electrons. The quantitative estimate of drug-likeness (QED) is 0.681. The van der Waals surface area contributed by atoms with Crippen LogP contribution in [0.5, 0.6) is 0 Å². The second-order valence-electron chi connectivity index (χ2n) is 5.47. The molecule has 8 heteroatoms. The number of amides is 1. The number of piperidine rings is 1. The zero-order valence-electron chi connectivity index (χ0n) is 12.3. The van der Waals surface area contributed by atoms with Gasteiger partial charge in [-0.1, -0.05) is 0 Å². The number of nitro groups is 1. The Hall–Kier alpha value is -2.74. The van der Waals surface area contributed by atoms with Crippen LogP contribution in [0.15, 0.2) is 36.7 Å². The maximum atomic E-state index is 12.4. The summed E-state index contributed by atoms with van der Waals surface area (Å²) >= 11 is 0. The average molecular weight is 316 g/mol. The predicted octanol–water partition coefficient (Wildman–Crippen LogP) is 1.38. The third kappa shape index (κ3) is 3.21. The highest BCUT2D eigenvalue weighted by atomic mass is 16.6. The molecule has 0 saturated carbocycles. The van der Waals surface area contributed by atoms with Crippen molar-refractivity contribution in [1.82, 2.24) is 14.7 Å². The number of carbonyl (C=O) groups is 1. The van der Waals surface area contributed by atoms with E-state index in [-0.39, 0.29) is 17.7 Å². The first-order valence-corrected chi connectivity index (χ1v) is 7.31. The fourth-order valence-corrected chi connectivity index (χ4v) is 2.55. The average Bonchev–Trinajstić information content (AvgIpc) is 3.05. The summed E-state index contributed by atoms with van der Waals surface area (Å²) < 4.78 is 1.51. The SMILES string of the molecule is O=C(c1cnn(-c2ccc([N+](=O)[O-])cc2)c1)N1CCC(O)CC1. The largest absolute Gasteiger partial charge is 0.393 e. The summed E-state index contributed by atoms with van der Waals surface area (Å²) in [6.45, 7) is 1.06. The van der Waals surface area contributed by atoms with Crippen LogP contribution in [-0.2, 0) is 0 Å². The molecule has 1 N–H and O–H groups in total. The normalized spacial score (nSPS) is 15.6. The standard InChI is InChI=1S/C15H16N4O4/c20-14-5-7-17(8-6-14)15(21)11-9-16-18(10-11)12-1-3-13(4-2-12)19(22)23/h1-4,9-10,14,20H,5-8H2. The van der Waals surface area contributed by atoms with Gasteiger partial charge in [-0.05, 0) is 25.0 Å². The molecule has 8 nitrogen and oxygen atoms in total. The van der Waals surface area contributed by atoms with Crippen molar-refractivity contribution in [2.24, 2.45) is 0 Å². The highest BCUT2D eigenvalue weighted by Crippen LogP contribution is 2.17. The molecule has 0 spiro atoms. The molecule has 1 aliphatic heterocycles. The Kier molecular flexibility index (Phi) is 4.07. The summed E-state index contributed by atoms with van der Waals surface area (Å²) in [7, 11) is 0. The molecule has 2 aromatic rings. The predicted molar refractivity (Wildman–Crippen MR) is 81.4 cm³/mol. The van der Waals surface area contributed by atoms with Gasteiger partial charge in [0.15, 0.2) is 0 Å². The number of rotatable bonds is 3. The van der Waals surface area contributed by atoms with E-state index in [0.717, 1.165) is 0 Å². The van der Waals surface area contributed by atoms with Gasteiger partial charge in [0.25, 0.3) is 11.6 Å². The topological polar surface area (TPSA) is 102 Å². The van der Waals surface area contributed by atoms with E-state index in [9.17, 15) is 20.0 Å². The lowest BCUT2D eigenvalue weighted by Gasteiger charge is -2.29. The fraction of sp³-hybridized carbons (Fsp3) is 0.333. The molecule has 3 rings (SSSR count). The smallest absolute Gasteiger partial charge is 0.269 e. The highest BCUT2D eigenvalue weighted by Gasteiger charge is 2.23. The Balaban J connectivity index is 1.74. The zero-order valence-corrected chi connectivity index (χ0v) is 12.3. The molecule has 2 heterocycles. The monoisotopic (exact) mass is 316 g/mol. The van der Waals surface area contributed by atoms with Crippen LogP contribution in [0.4, 0.5) is 5.69 Å². The Labute approximate surface area is 132 Å². The number of hydrogen-bond donors (Lipinski definition) is 1. The minimum absolute atomic E-state index is 0.00378. The molecule has 1 amide bonds. The second kappa shape index (κ2) is 6.17. The van der Waals surface area contributed by atoms with Crippen molar-refractivity contribution >= 4 is 11.6 Å². The third-order valence-electron chi connectivity index (χ3n) is 3.91. The van der Waals surface area contributed by atoms with Crippen LogP contribution in [0.1, 0.15) is 23.2 Å². The number of carbonyl (C=O) groups excluding carboxylic acids is 1.